The minimum absolute atomic E-state index is 1.29. The largest absolute Gasteiger partial charge is 0.130 e. The van der Waals surface area contributed by atoms with Crippen molar-refractivity contribution >= 4 is 15.2 Å². The standard InChI is InChI=1S/C14H14.CH3P/c1-11-3-7-13(8-4-11)14-9-5-12(2)6-10-14;1-2/h3-10H,1-2H3;2H,1H2. The fraction of sp³-hybridized carbons (Fsp3) is 0.133. The van der Waals surface area contributed by atoms with Crippen molar-refractivity contribution in [2.45, 2.75) is 13.8 Å². The van der Waals surface area contributed by atoms with Crippen molar-refractivity contribution in [3.63, 3.8) is 0 Å². The van der Waals surface area contributed by atoms with Gasteiger partial charge in [0, 0.05) is 0 Å². The van der Waals surface area contributed by atoms with Gasteiger partial charge in [0.2, 0.25) is 0 Å². The van der Waals surface area contributed by atoms with Crippen LogP contribution in [0.1, 0.15) is 11.1 Å². The highest BCUT2D eigenvalue weighted by molar-refractivity contribution is 7.15. The summed E-state index contributed by atoms with van der Waals surface area (Å²) in [6, 6.07) is 17.3. The highest BCUT2D eigenvalue weighted by Crippen LogP contribution is 2.19. The summed E-state index contributed by atoms with van der Waals surface area (Å²) in [5.74, 6) is 0. The third-order valence-corrected chi connectivity index (χ3v) is 2.44. The van der Waals surface area contributed by atoms with Crippen molar-refractivity contribution in [2.24, 2.45) is 0 Å². The fourth-order valence-corrected chi connectivity index (χ4v) is 1.49. The van der Waals surface area contributed by atoms with Crippen LogP contribution >= 0.6 is 8.86 Å². The summed E-state index contributed by atoms with van der Waals surface area (Å²) < 4.78 is 0. The molecule has 0 spiro atoms. The van der Waals surface area contributed by atoms with Crippen LogP contribution in [0.15, 0.2) is 48.5 Å². The molecule has 1 heteroatoms. The van der Waals surface area contributed by atoms with E-state index >= 15 is 0 Å². The van der Waals surface area contributed by atoms with Crippen LogP contribution in [0.25, 0.3) is 11.1 Å². The molecule has 0 unspecified atom stereocenters. The van der Waals surface area contributed by atoms with Gasteiger partial charge in [-0.25, -0.2) is 0 Å². The minimum atomic E-state index is 1.29. The zero-order valence-corrected chi connectivity index (χ0v) is 10.8. The SMILES string of the molecule is C=P.Cc1ccc(-c2ccc(C)cc2)cc1. The normalized spacial score (nSPS) is 9.12. The van der Waals surface area contributed by atoms with Gasteiger partial charge in [0.25, 0.3) is 0 Å². The van der Waals surface area contributed by atoms with Gasteiger partial charge in [-0.3, -0.25) is 0 Å². The first-order valence-corrected chi connectivity index (χ1v) is 5.95. The van der Waals surface area contributed by atoms with Gasteiger partial charge in [-0.15, -0.1) is 8.86 Å². The summed E-state index contributed by atoms with van der Waals surface area (Å²) in [6.45, 7) is 4.22. The van der Waals surface area contributed by atoms with Crippen molar-refractivity contribution in [1.82, 2.24) is 0 Å². The maximum atomic E-state index is 3.06. The van der Waals surface area contributed by atoms with Gasteiger partial charge in [0.15, 0.2) is 0 Å². The van der Waals surface area contributed by atoms with E-state index in [4.69, 9.17) is 0 Å². The summed E-state index contributed by atoms with van der Waals surface area (Å²) in [4.78, 5) is 0. The monoisotopic (exact) mass is 228 g/mol. The molecule has 0 heterocycles. The van der Waals surface area contributed by atoms with Crippen molar-refractivity contribution in [3.05, 3.63) is 59.7 Å². The average Bonchev–Trinajstić information content (AvgIpc) is 2.34. The molecule has 0 atom stereocenters. The number of rotatable bonds is 1. The lowest BCUT2D eigenvalue weighted by atomic mass is 10.0. The molecule has 2 aromatic rings. The van der Waals surface area contributed by atoms with E-state index in [9.17, 15) is 0 Å². The second-order valence-electron chi connectivity index (χ2n) is 3.73. The van der Waals surface area contributed by atoms with Crippen molar-refractivity contribution in [3.8, 4) is 11.1 Å². The van der Waals surface area contributed by atoms with Gasteiger partial charge in [-0.2, -0.15) is 0 Å². The molecule has 0 fully saturated rings. The van der Waals surface area contributed by atoms with E-state index in [2.05, 4.69) is 77.5 Å². The van der Waals surface area contributed by atoms with Gasteiger partial charge >= 0.3 is 0 Å². The molecule has 0 nitrogen and oxygen atoms in total. The maximum absolute atomic E-state index is 3.06. The first kappa shape index (κ1) is 12.7. The smallest absolute Gasteiger partial charge is 0.0184 e. The fourth-order valence-electron chi connectivity index (χ4n) is 1.49. The van der Waals surface area contributed by atoms with Crippen LogP contribution in [0, 0.1) is 13.8 Å². The Morgan fingerprint density at radius 3 is 1.12 bits per heavy atom. The van der Waals surface area contributed by atoms with E-state index in [1.807, 2.05) is 0 Å². The summed E-state index contributed by atoms with van der Waals surface area (Å²) in [5.41, 5.74) is 5.19. The summed E-state index contributed by atoms with van der Waals surface area (Å²) >= 11 is 0. The van der Waals surface area contributed by atoms with E-state index in [0.717, 1.165) is 0 Å². The molecule has 0 saturated heterocycles. The molecule has 0 N–H and O–H groups in total. The second kappa shape index (κ2) is 6.25. The lowest BCUT2D eigenvalue weighted by Gasteiger charge is -2.02. The zero-order chi connectivity index (χ0) is 12.0. The Bertz CT molecular complexity index is 382. The first-order valence-electron chi connectivity index (χ1n) is 5.25. The molecule has 82 valence electrons. The lowest BCUT2D eigenvalue weighted by Crippen LogP contribution is -1.78. The van der Waals surface area contributed by atoms with E-state index in [0.29, 0.717) is 0 Å². The minimum Gasteiger partial charge on any atom is -0.130 e. The van der Waals surface area contributed by atoms with Crippen LogP contribution in [-0.4, -0.2) is 6.30 Å². The van der Waals surface area contributed by atoms with Crippen LogP contribution in [0.3, 0.4) is 0 Å². The van der Waals surface area contributed by atoms with Crippen LogP contribution in [0.2, 0.25) is 0 Å². The molecule has 0 aliphatic rings. The highest BCUT2D eigenvalue weighted by atomic mass is 31.0. The van der Waals surface area contributed by atoms with Crippen LogP contribution in [-0.2, 0) is 0 Å². The molecule has 0 aliphatic carbocycles. The Kier molecular flexibility index (Phi) is 4.95. The Labute approximate surface area is 100 Å². The van der Waals surface area contributed by atoms with Gasteiger partial charge in [0.1, 0.15) is 0 Å². The highest BCUT2D eigenvalue weighted by Gasteiger charge is 1.95. The second-order valence-corrected chi connectivity index (χ2v) is 3.73. The van der Waals surface area contributed by atoms with Crippen LogP contribution in [0.5, 0.6) is 0 Å². The molecular formula is C15H17P. The third kappa shape index (κ3) is 3.32. The number of hydrogen-bond acceptors (Lipinski definition) is 0. The van der Waals surface area contributed by atoms with Gasteiger partial charge in [-0.1, -0.05) is 66.0 Å². The quantitative estimate of drug-likeness (QED) is 0.629. The van der Waals surface area contributed by atoms with Crippen LogP contribution < -0.4 is 0 Å². The average molecular weight is 228 g/mol. The summed E-state index contributed by atoms with van der Waals surface area (Å²) in [6.07, 6.45) is 3.06. The Hall–Kier alpha value is -1.39. The number of benzene rings is 2. The Morgan fingerprint density at radius 1 is 0.625 bits per heavy atom. The Morgan fingerprint density at radius 2 is 0.875 bits per heavy atom. The molecular weight excluding hydrogens is 211 g/mol. The molecule has 0 aromatic heterocycles. The lowest BCUT2D eigenvalue weighted by molar-refractivity contribution is 1.45. The third-order valence-electron chi connectivity index (χ3n) is 2.44. The summed E-state index contributed by atoms with van der Waals surface area (Å²) in [7, 11) is 2.72. The topological polar surface area (TPSA) is 0 Å². The maximum Gasteiger partial charge on any atom is -0.0184 e. The predicted molar refractivity (Wildman–Crippen MR) is 76.8 cm³/mol. The first-order chi connectivity index (χ1) is 7.75. The van der Waals surface area contributed by atoms with Gasteiger partial charge < -0.3 is 0 Å². The number of aryl methyl sites for hydroxylation is 2. The molecule has 2 aromatic carbocycles. The number of hydrogen-bond donors (Lipinski definition) is 0. The van der Waals surface area contributed by atoms with E-state index in [-0.39, 0.29) is 0 Å². The van der Waals surface area contributed by atoms with Crippen molar-refractivity contribution < 1.29 is 0 Å². The predicted octanol–water partition coefficient (Wildman–Crippen LogP) is 4.53. The van der Waals surface area contributed by atoms with Gasteiger partial charge in [-0.05, 0) is 25.0 Å². The van der Waals surface area contributed by atoms with Crippen molar-refractivity contribution in [1.29, 1.82) is 0 Å². The van der Waals surface area contributed by atoms with E-state index in [1.54, 1.807) is 0 Å². The molecule has 0 aliphatic heterocycles. The molecule has 16 heavy (non-hydrogen) atoms. The molecule has 2 rings (SSSR count). The summed E-state index contributed by atoms with van der Waals surface area (Å²) in [5, 5.41) is 0. The molecule has 0 amide bonds. The van der Waals surface area contributed by atoms with Gasteiger partial charge in [0.05, 0.1) is 0 Å². The van der Waals surface area contributed by atoms with E-state index in [1.165, 1.54) is 22.3 Å². The van der Waals surface area contributed by atoms with E-state index < -0.39 is 0 Å². The van der Waals surface area contributed by atoms with Crippen molar-refractivity contribution in [2.75, 3.05) is 0 Å². The zero-order valence-electron chi connectivity index (χ0n) is 9.83. The molecule has 0 radical (unpaired) electrons. The Balaban J connectivity index is 0.000000606. The molecule has 0 saturated carbocycles. The molecule has 0 bridgehead atoms. The van der Waals surface area contributed by atoms with Crippen LogP contribution in [0.4, 0.5) is 0 Å².